The van der Waals surface area contributed by atoms with Gasteiger partial charge in [-0.15, -0.1) is 0 Å². The van der Waals surface area contributed by atoms with Crippen molar-refractivity contribution in [2.45, 2.75) is 51.7 Å². The minimum absolute atomic E-state index is 0.00149. The van der Waals surface area contributed by atoms with Crippen molar-refractivity contribution in [3.05, 3.63) is 52.8 Å². The first-order valence-corrected chi connectivity index (χ1v) is 10.9. The van der Waals surface area contributed by atoms with Gasteiger partial charge in [-0.1, -0.05) is 28.9 Å². The Bertz CT molecular complexity index is 862. The molecular formula is C22H29BrN4O2. The molecule has 156 valence electrons. The standard InChI is InChI=1S/C22H29BrN4O2/c1-4-16(2)26(22(29)24-18-8-5-7-17(23)13-18)15-21(28)27(19-10-11-19)14-20-9-6-12-25(20)3/h5-9,12-13,16,19H,4,10-11,14-15H2,1-3H3,(H,24,29). The van der Waals surface area contributed by atoms with Crippen molar-refractivity contribution < 1.29 is 9.59 Å². The smallest absolute Gasteiger partial charge is 0.322 e. The number of urea groups is 1. The third kappa shape index (κ3) is 5.63. The van der Waals surface area contributed by atoms with Gasteiger partial charge < -0.3 is 19.7 Å². The second kappa shape index (κ2) is 9.48. The Balaban J connectivity index is 1.71. The van der Waals surface area contributed by atoms with E-state index < -0.39 is 0 Å². The van der Waals surface area contributed by atoms with Crippen LogP contribution < -0.4 is 5.32 Å². The summed E-state index contributed by atoms with van der Waals surface area (Å²) in [7, 11) is 1.99. The van der Waals surface area contributed by atoms with Crippen LogP contribution in [0.3, 0.4) is 0 Å². The van der Waals surface area contributed by atoms with E-state index in [1.165, 1.54) is 0 Å². The highest BCUT2D eigenvalue weighted by atomic mass is 79.9. The number of halogens is 1. The predicted molar refractivity (Wildman–Crippen MR) is 119 cm³/mol. The van der Waals surface area contributed by atoms with Crippen LogP contribution in [0.15, 0.2) is 47.1 Å². The lowest BCUT2D eigenvalue weighted by Crippen LogP contribution is -2.48. The van der Waals surface area contributed by atoms with Gasteiger partial charge in [0.2, 0.25) is 5.91 Å². The average molecular weight is 461 g/mol. The molecule has 1 N–H and O–H groups in total. The van der Waals surface area contributed by atoms with Crippen molar-refractivity contribution in [1.82, 2.24) is 14.4 Å². The molecule has 1 aliphatic rings. The molecule has 3 rings (SSSR count). The SMILES string of the molecule is CCC(C)N(CC(=O)N(Cc1cccn1C)C1CC1)C(=O)Nc1cccc(Br)c1. The van der Waals surface area contributed by atoms with Gasteiger partial charge in [0.1, 0.15) is 6.54 Å². The highest BCUT2D eigenvalue weighted by Crippen LogP contribution is 2.29. The maximum Gasteiger partial charge on any atom is 0.322 e. The van der Waals surface area contributed by atoms with Gasteiger partial charge in [0.25, 0.3) is 0 Å². The minimum atomic E-state index is -0.250. The number of rotatable bonds is 8. The van der Waals surface area contributed by atoms with E-state index in [0.717, 1.165) is 29.4 Å². The lowest BCUT2D eigenvalue weighted by molar-refractivity contribution is -0.133. The van der Waals surface area contributed by atoms with E-state index in [1.54, 1.807) is 4.90 Å². The van der Waals surface area contributed by atoms with Crippen LogP contribution in [0.25, 0.3) is 0 Å². The summed E-state index contributed by atoms with van der Waals surface area (Å²) >= 11 is 3.42. The maximum atomic E-state index is 13.2. The molecule has 1 saturated carbocycles. The molecule has 29 heavy (non-hydrogen) atoms. The number of aromatic nitrogens is 1. The monoisotopic (exact) mass is 460 g/mol. The normalized spacial score (nSPS) is 14.3. The van der Waals surface area contributed by atoms with Crippen LogP contribution in [0.2, 0.25) is 0 Å². The van der Waals surface area contributed by atoms with Crippen molar-refractivity contribution >= 4 is 33.6 Å². The van der Waals surface area contributed by atoms with Gasteiger partial charge in [-0.2, -0.15) is 0 Å². The molecule has 0 saturated heterocycles. The molecule has 6 nitrogen and oxygen atoms in total. The summed E-state index contributed by atoms with van der Waals surface area (Å²) in [5.74, 6) is -0.00149. The Morgan fingerprint density at radius 1 is 1.28 bits per heavy atom. The van der Waals surface area contributed by atoms with E-state index in [9.17, 15) is 9.59 Å². The van der Waals surface area contributed by atoms with Gasteiger partial charge in [-0.3, -0.25) is 4.79 Å². The number of hydrogen-bond donors (Lipinski definition) is 1. The Labute approximate surface area is 181 Å². The number of amides is 3. The summed E-state index contributed by atoms with van der Waals surface area (Å²) in [5, 5.41) is 2.92. The number of aryl methyl sites for hydroxylation is 1. The van der Waals surface area contributed by atoms with Gasteiger partial charge in [-0.25, -0.2) is 4.79 Å². The lowest BCUT2D eigenvalue weighted by Gasteiger charge is -2.31. The summed E-state index contributed by atoms with van der Waals surface area (Å²) in [4.78, 5) is 29.7. The molecule has 3 amide bonds. The molecule has 0 radical (unpaired) electrons. The molecule has 0 spiro atoms. The summed E-state index contributed by atoms with van der Waals surface area (Å²) in [5.41, 5.74) is 1.80. The Morgan fingerprint density at radius 3 is 2.62 bits per heavy atom. The summed E-state index contributed by atoms with van der Waals surface area (Å²) in [6, 6.07) is 11.5. The second-order valence-electron chi connectivity index (χ2n) is 7.69. The van der Waals surface area contributed by atoms with E-state index in [-0.39, 0.29) is 30.6 Å². The van der Waals surface area contributed by atoms with E-state index in [0.29, 0.717) is 12.2 Å². The first kappa shape index (κ1) is 21.4. The predicted octanol–water partition coefficient (Wildman–Crippen LogP) is 4.61. The molecular weight excluding hydrogens is 432 g/mol. The zero-order valence-electron chi connectivity index (χ0n) is 17.3. The highest BCUT2D eigenvalue weighted by Gasteiger charge is 2.34. The number of benzene rings is 1. The van der Waals surface area contributed by atoms with Crippen LogP contribution in [0, 0.1) is 0 Å². The van der Waals surface area contributed by atoms with Gasteiger partial charge in [0.05, 0.1) is 6.54 Å². The third-order valence-corrected chi connectivity index (χ3v) is 5.95. The number of nitrogens with one attached hydrogen (secondary N) is 1. The molecule has 1 aromatic heterocycles. The summed E-state index contributed by atoms with van der Waals surface area (Å²) < 4.78 is 2.93. The molecule has 1 atom stereocenters. The van der Waals surface area contributed by atoms with E-state index in [1.807, 2.05) is 73.0 Å². The molecule has 1 heterocycles. The Kier molecular flexibility index (Phi) is 7.00. The van der Waals surface area contributed by atoms with Crippen LogP contribution >= 0.6 is 15.9 Å². The van der Waals surface area contributed by atoms with E-state index >= 15 is 0 Å². The maximum absolute atomic E-state index is 13.2. The zero-order valence-corrected chi connectivity index (χ0v) is 18.9. The van der Waals surface area contributed by atoms with Crippen LogP contribution in [-0.2, 0) is 18.4 Å². The average Bonchev–Trinajstić information content (AvgIpc) is 3.45. The van der Waals surface area contributed by atoms with Crippen molar-refractivity contribution in [2.75, 3.05) is 11.9 Å². The Morgan fingerprint density at radius 2 is 2.03 bits per heavy atom. The second-order valence-corrected chi connectivity index (χ2v) is 8.60. The molecule has 1 unspecified atom stereocenters. The molecule has 1 fully saturated rings. The number of anilines is 1. The quantitative estimate of drug-likeness (QED) is 0.624. The zero-order chi connectivity index (χ0) is 21.0. The molecule has 1 aromatic carbocycles. The molecule has 7 heteroatoms. The third-order valence-electron chi connectivity index (χ3n) is 5.46. The molecule has 0 aliphatic heterocycles. The van der Waals surface area contributed by atoms with Gasteiger partial charge in [0.15, 0.2) is 0 Å². The first-order valence-electron chi connectivity index (χ1n) is 10.1. The van der Waals surface area contributed by atoms with Crippen LogP contribution in [0.1, 0.15) is 38.8 Å². The topological polar surface area (TPSA) is 57.6 Å². The number of hydrogen-bond acceptors (Lipinski definition) is 2. The van der Waals surface area contributed by atoms with E-state index in [4.69, 9.17) is 0 Å². The molecule has 1 aliphatic carbocycles. The van der Waals surface area contributed by atoms with Crippen LogP contribution in [-0.4, -0.2) is 44.9 Å². The largest absolute Gasteiger partial charge is 0.353 e. The fourth-order valence-corrected chi connectivity index (χ4v) is 3.69. The van der Waals surface area contributed by atoms with Gasteiger partial charge in [-0.05, 0) is 56.5 Å². The van der Waals surface area contributed by atoms with Crippen molar-refractivity contribution in [1.29, 1.82) is 0 Å². The number of nitrogens with zero attached hydrogens (tertiary/aromatic N) is 3. The summed E-state index contributed by atoms with van der Waals surface area (Å²) in [6.45, 7) is 4.66. The van der Waals surface area contributed by atoms with E-state index in [2.05, 4.69) is 21.2 Å². The number of carbonyl (C=O) groups is 2. The fourth-order valence-electron chi connectivity index (χ4n) is 3.29. The molecule has 0 bridgehead atoms. The van der Waals surface area contributed by atoms with Crippen LogP contribution in [0.5, 0.6) is 0 Å². The number of carbonyl (C=O) groups excluding carboxylic acids is 2. The lowest BCUT2D eigenvalue weighted by atomic mass is 10.2. The first-order chi connectivity index (χ1) is 13.9. The summed E-state index contributed by atoms with van der Waals surface area (Å²) in [6.07, 6.45) is 4.83. The highest BCUT2D eigenvalue weighted by molar-refractivity contribution is 9.10. The van der Waals surface area contributed by atoms with Crippen molar-refractivity contribution in [3.63, 3.8) is 0 Å². The van der Waals surface area contributed by atoms with Crippen molar-refractivity contribution in [3.8, 4) is 0 Å². The molecule has 2 aromatic rings. The fraction of sp³-hybridized carbons (Fsp3) is 0.455. The van der Waals surface area contributed by atoms with Crippen molar-refractivity contribution in [2.24, 2.45) is 7.05 Å². The Hall–Kier alpha value is -2.28. The van der Waals surface area contributed by atoms with Crippen LogP contribution in [0.4, 0.5) is 10.5 Å². The van der Waals surface area contributed by atoms with Gasteiger partial charge in [0, 0.05) is 41.2 Å². The minimum Gasteiger partial charge on any atom is -0.353 e. The van der Waals surface area contributed by atoms with Gasteiger partial charge >= 0.3 is 6.03 Å².